The van der Waals surface area contributed by atoms with Crippen molar-refractivity contribution in [3.05, 3.63) is 77.9 Å². The average Bonchev–Trinajstić information content (AvgIpc) is 3.49. The Morgan fingerprint density at radius 3 is 2.78 bits per heavy atom. The molecule has 2 aromatic carbocycles. The van der Waals surface area contributed by atoms with Crippen molar-refractivity contribution < 1.29 is 18.1 Å². The van der Waals surface area contributed by atoms with Crippen molar-refractivity contribution in [3.63, 3.8) is 0 Å². The monoisotopic (exact) mass is 432 g/mol. The zero-order valence-electron chi connectivity index (χ0n) is 17.5. The van der Waals surface area contributed by atoms with E-state index in [1.807, 2.05) is 17.0 Å². The van der Waals surface area contributed by atoms with E-state index in [1.165, 1.54) is 12.1 Å². The molecule has 1 fully saturated rings. The van der Waals surface area contributed by atoms with E-state index in [0.29, 0.717) is 42.0 Å². The van der Waals surface area contributed by atoms with Crippen molar-refractivity contribution in [2.45, 2.75) is 25.7 Å². The molecule has 3 heterocycles. The Morgan fingerprint density at radius 2 is 2.00 bits per heavy atom. The molecule has 1 amide bonds. The molecule has 0 aliphatic carbocycles. The zero-order valence-corrected chi connectivity index (χ0v) is 17.5. The van der Waals surface area contributed by atoms with E-state index in [2.05, 4.69) is 15.1 Å². The largest absolute Gasteiger partial charge is 0.440 e. The molecule has 0 spiro atoms. The second kappa shape index (κ2) is 8.37. The van der Waals surface area contributed by atoms with E-state index in [4.69, 9.17) is 8.94 Å². The second-order valence-corrected chi connectivity index (χ2v) is 7.88. The molecule has 2 aromatic heterocycles. The standard InChI is InChI=1S/C24H21FN4O3/c1-15-27-22(28-32-15)17-4-2-5-18(12-17)24(30)29-11-3-6-19(14-29)23-26-13-21(31-23)16-7-9-20(25)10-8-16/h2,4-5,7-10,12-13,19H,3,6,11,14H2,1H3. The predicted molar refractivity (Wildman–Crippen MR) is 114 cm³/mol. The lowest BCUT2D eigenvalue weighted by Gasteiger charge is -2.31. The van der Waals surface area contributed by atoms with E-state index in [1.54, 1.807) is 37.4 Å². The van der Waals surface area contributed by atoms with E-state index in [0.717, 1.165) is 24.0 Å². The number of rotatable bonds is 4. The van der Waals surface area contributed by atoms with Crippen LogP contribution in [0.25, 0.3) is 22.7 Å². The molecule has 162 valence electrons. The Kier molecular flexibility index (Phi) is 5.26. The van der Waals surface area contributed by atoms with Gasteiger partial charge in [-0.3, -0.25) is 4.79 Å². The lowest BCUT2D eigenvalue weighted by atomic mass is 9.97. The predicted octanol–water partition coefficient (Wildman–Crippen LogP) is 4.86. The number of likely N-dealkylation sites (tertiary alicyclic amines) is 1. The number of aromatic nitrogens is 3. The summed E-state index contributed by atoms with van der Waals surface area (Å²) in [5.74, 6) is 1.77. The molecule has 1 unspecified atom stereocenters. The number of benzene rings is 2. The number of aryl methyl sites for hydroxylation is 1. The fourth-order valence-corrected chi connectivity index (χ4v) is 3.98. The molecule has 1 aliphatic rings. The Hall–Kier alpha value is -3.81. The fourth-order valence-electron chi connectivity index (χ4n) is 3.98. The first-order valence-corrected chi connectivity index (χ1v) is 10.5. The van der Waals surface area contributed by atoms with Gasteiger partial charge in [0.2, 0.25) is 11.7 Å². The summed E-state index contributed by atoms with van der Waals surface area (Å²) in [5.41, 5.74) is 2.07. The van der Waals surface area contributed by atoms with Gasteiger partial charge in [0.15, 0.2) is 11.7 Å². The zero-order chi connectivity index (χ0) is 22.1. The first-order valence-electron chi connectivity index (χ1n) is 10.5. The number of nitrogens with zero attached hydrogens (tertiary/aromatic N) is 4. The molecular weight excluding hydrogens is 411 g/mol. The van der Waals surface area contributed by atoms with Gasteiger partial charge in [0.1, 0.15) is 5.82 Å². The normalized spacial score (nSPS) is 16.3. The molecule has 1 atom stereocenters. The van der Waals surface area contributed by atoms with Crippen molar-refractivity contribution >= 4 is 5.91 Å². The van der Waals surface area contributed by atoms with Gasteiger partial charge in [-0.05, 0) is 49.2 Å². The van der Waals surface area contributed by atoms with Crippen LogP contribution in [0.15, 0.2) is 63.7 Å². The van der Waals surface area contributed by atoms with Gasteiger partial charge in [0, 0.05) is 36.7 Å². The third-order valence-electron chi connectivity index (χ3n) is 5.61. The van der Waals surface area contributed by atoms with Gasteiger partial charge >= 0.3 is 0 Å². The second-order valence-electron chi connectivity index (χ2n) is 7.88. The number of oxazole rings is 1. The Bertz CT molecular complexity index is 1250. The summed E-state index contributed by atoms with van der Waals surface area (Å²) < 4.78 is 24.2. The highest BCUT2D eigenvalue weighted by molar-refractivity contribution is 5.95. The minimum atomic E-state index is -0.298. The van der Waals surface area contributed by atoms with Crippen molar-refractivity contribution in [3.8, 4) is 22.7 Å². The van der Waals surface area contributed by atoms with E-state index >= 15 is 0 Å². The fraction of sp³-hybridized carbons (Fsp3) is 0.250. The summed E-state index contributed by atoms with van der Waals surface area (Å²) in [6, 6.07) is 13.4. The molecule has 0 bridgehead atoms. The SMILES string of the molecule is Cc1nc(-c2cccc(C(=O)N3CCCC(c4ncc(-c5ccc(F)cc5)o4)C3)c2)no1. The molecule has 0 radical (unpaired) electrons. The molecular formula is C24H21FN4O3. The van der Waals surface area contributed by atoms with Crippen molar-refractivity contribution in [2.24, 2.45) is 0 Å². The summed E-state index contributed by atoms with van der Waals surface area (Å²) in [4.78, 5) is 23.7. The number of halogens is 1. The van der Waals surface area contributed by atoms with E-state index < -0.39 is 0 Å². The number of amides is 1. The third-order valence-corrected chi connectivity index (χ3v) is 5.61. The number of hydrogen-bond donors (Lipinski definition) is 0. The van der Waals surface area contributed by atoms with Crippen LogP contribution in [0, 0.1) is 12.7 Å². The molecule has 8 heteroatoms. The number of carbonyl (C=O) groups excluding carboxylic acids is 1. The van der Waals surface area contributed by atoms with Crippen LogP contribution in [0.2, 0.25) is 0 Å². The van der Waals surface area contributed by atoms with Crippen molar-refractivity contribution in [2.75, 3.05) is 13.1 Å². The highest BCUT2D eigenvalue weighted by Gasteiger charge is 2.28. The summed E-state index contributed by atoms with van der Waals surface area (Å²) in [5, 5.41) is 3.93. The minimum Gasteiger partial charge on any atom is -0.440 e. The quantitative estimate of drug-likeness (QED) is 0.458. The van der Waals surface area contributed by atoms with Gasteiger partial charge in [-0.25, -0.2) is 9.37 Å². The maximum atomic E-state index is 13.2. The van der Waals surface area contributed by atoms with Gasteiger partial charge < -0.3 is 13.8 Å². The maximum absolute atomic E-state index is 13.2. The van der Waals surface area contributed by atoms with E-state index in [-0.39, 0.29) is 17.6 Å². The topological polar surface area (TPSA) is 85.3 Å². The summed E-state index contributed by atoms with van der Waals surface area (Å²) in [7, 11) is 0. The average molecular weight is 432 g/mol. The third kappa shape index (κ3) is 4.03. The lowest BCUT2D eigenvalue weighted by Crippen LogP contribution is -2.39. The number of hydrogen-bond acceptors (Lipinski definition) is 6. The van der Waals surface area contributed by atoms with E-state index in [9.17, 15) is 9.18 Å². The number of carbonyl (C=O) groups is 1. The van der Waals surface area contributed by atoms with Crippen molar-refractivity contribution in [1.82, 2.24) is 20.0 Å². The molecule has 1 saturated heterocycles. The number of piperidine rings is 1. The van der Waals surface area contributed by atoms with Crippen LogP contribution in [0.3, 0.4) is 0 Å². The van der Waals surface area contributed by atoms with Crippen LogP contribution in [0.1, 0.15) is 40.9 Å². The highest BCUT2D eigenvalue weighted by Crippen LogP contribution is 2.30. The van der Waals surface area contributed by atoms with Gasteiger partial charge in [0.05, 0.1) is 12.1 Å². The smallest absolute Gasteiger partial charge is 0.253 e. The Balaban J connectivity index is 1.32. The molecule has 32 heavy (non-hydrogen) atoms. The highest BCUT2D eigenvalue weighted by atomic mass is 19.1. The van der Waals surface area contributed by atoms with Gasteiger partial charge in [-0.15, -0.1) is 0 Å². The molecule has 1 aliphatic heterocycles. The van der Waals surface area contributed by atoms with Gasteiger partial charge in [-0.1, -0.05) is 17.3 Å². The van der Waals surface area contributed by atoms with Gasteiger partial charge in [0.25, 0.3) is 5.91 Å². The molecule has 7 nitrogen and oxygen atoms in total. The van der Waals surface area contributed by atoms with Crippen LogP contribution in [-0.2, 0) is 0 Å². The first kappa shape index (κ1) is 20.1. The van der Waals surface area contributed by atoms with Crippen LogP contribution >= 0.6 is 0 Å². The Labute approximate surface area is 183 Å². The molecule has 5 rings (SSSR count). The van der Waals surface area contributed by atoms with Crippen LogP contribution < -0.4 is 0 Å². The maximum Gasteiger partial charge on any atom is 0.253 e. The molecule has 4 aromatic rings. The van der Waals surface area contributed by atoms with Crippen LogP contribution in [-0.4, -0.2) is 39.0 Å². The summed E-state index contributed by atoms with van der Waals surface area (Å²) >= 11 is 0. The van der Waals surface area contributed by atoms with Crippen LogP contribution in [0.4, 0.5) is 4.39 Å². The lowest BCUT2D eigenvalue weighted by molar-refractivity contribution is 0.0698. The molecule has 0 N–H and O–H groups in total. The summed E-state index contributed by atoms with van der Waals surface area (Å²) in [6.07, 6.45) is 3.39. The van der Waals surface area contributed by atoms with Crippen LogP contribution in [0.5, 0.6) is 0 Å². The minimum absolute atomic E-state index is 0.00457. The molecule has 0 saturated carbocycles. The first-order chi connectivity index (χ1) is 15.6. The van der Waals surface area contributed by atoms with Gasteiger partial charge in [-0.2, -0.15) is 4.98 Å². The Morgan fingerprint density at radius 1 is 1.16 bits per heavy atom. The summed E-state index contributed by atoms with van der Waals surface area (Å²) in [6.45, 7) is 2.92. The van der Waals surface area contributed by atoms with Crippen molar-refractivity contribution in [1.29, 1.82) is 0 Å².